The highest BCUT2D eigenvalue weighted by Crippen LogP contribution is 2.24. The predicted octanol–water partition coefficient (Wildman–Crippen LogP) is 3.71. The quantitative estimate of drug-likeness (QED) is 0.744. The van der Waals surface area contributed by atoms with E-state index in [9.17, 15) is 4.79 Å². The molecular formula is C19H15NO2S. The predicted molar refractivity (Wildman–Crippen MR) is 93.9 cm³/mol. The van der Waals surface area contributed by atoms with E-state index in [4.69, 9.17) is 4.74 Å². The normalized spacial score (nSPS) is 9.91. The molecule has 0 radical (unpaired) electrons. The molecule has 3 rings (SSSR count). The van der Waals surface area contributed by atoms with Gasteiger partial charge in [-0.1, -0.05) is 48.2 Å². The van der Waals surface area contributed by atoms with Gasteiger partial charge in [0.25, 0.3) is 5.91 Å². The number of nitrogens with one attached hydrogen (secondary N) is 1. The number of rotatable bonds is 4. The molecule has 0 aliphatic rings. The number of benzene rings is 2. The van der Waals surface area contributed by atoms with Crippen molar-refractivity contribution >= 4 is 28.0 Å². The molecule has 0 saturated heterocycles. The van der Waals surface area contributed by atoms with Crippen LogP contribution in [0.15, 0.2) is 59.3 Å². The zero-order chi connectivity index (χ0) is 15.9. The minimum atomic E-state index is -0.101. The highest BCUT2D eigenvalue weighted by Gasteiger charge is 2.02. The van der Waals surface area contributed by atoms with Crippen molar-refractivity contribution in [2.45, 2.75) is 0 Å². The van der Waals surface area contributed by atoms with Gasteiger partial charge >= 0.3 is 0 Å². The van der Waals surface area contributed by atoms with Crippen LogP contribution in [-0.4, -0.2) is 19.1 Å². The van der Waals surface area contributed by atoms with E-state index in [1.54, 1.807) is 6.07 Å². The Bertz CT molecular complexity index is 854. The van der Waals surface area contributed by atoms with Crippen molar-refractivity contribution < 1.29 is 9.53 Å². The third kappa shape index (κ3) is 3.91. The molecular weight excluding hydrogens is 306 g/mol. The number of thiophene rings is 1. The minimum absolute atomic E-state index is 0.101. The molecule has 114 valence electrons. The Labute approximate surface area is 138 Å². The maximum atomic E-state index is 11.7. The van der Waals surface area contributed by atoms with Crippen molar-refractivity contribution in [2.24, 2.45) is 0 Å². The number of carbonyl (C=O) groups is 1. The number of fused-ring (bicyclic) bond motifs is 1. The molecule has 0 unspecified atom stereocenters. The van der Waals surface area contributed by atoms with Gasteiger partial charge in [-0.3, -0.25) is 4.79 Å². The van der Waals surface area contributed by atoms with E-state index in [2.05, 4.69) is 17.2 Å². The van der Waals surface area contributed by atoms with Crippen LogP contribution in [-0.2, 0) is 0 Å². The van der Waals surface area contributed by atoms with Gasteiger partial charge < -0.3 is 10.1 Å². The van der Waals surface area contributed by atoms with E-state index >= 15 is 0 Å². The summed E-state index contributed by atoms with van der Waals surface area (Å²) in [5.41, 5.74) is 0.670. The summed E-state index contributed by atoms with van der Waals surface area (Å²) in [6, 6.07) is 15.8. The van der Waals surface area contributed by atoms with E-state index in [0.29, 0.717) is 18.7 Å². The lowest BCUT2D eigenvalue weighted by atomic mass is 10.1. The van der Waals surface area contributed by atoms with Crippen LogP contribution in [0.2, 0.25) is 0 Å². The van der Waals surface area contributed by atoms with Crippen LogP contribution in [0.25, 0.3) is 10.8 Å². The molecule has 1 aromatic heterocycles. The fourth-order valence-corrected chi connectivity index (χ4v) is 2.81. The fraction of sp³-hybridized carbons (Fsp3) is 0.105. The molecule has 0 bridgehead atoms. The molecule has 3 aromatic rings. The van der Waals surface area contributed by atoms with E-state index in [-0.39, 0.29) is 5.91 Å². The average molecular weight is 321 g/mol. The van der Waals surface area contributed by atoms with Gasteiger partial charge in [0.15, 0.2) is 0 Å². The van der Waals surface area contributed by atoms with Crippen molar-refractivity contribution in [1.82, 2.24) is 5.32 Å². The molecule has 0 atom stereocenters. The monoisotopic (exact) mass is 321 g/mol. The summed E-state index contributed by atoms with van der Waals surface area (Å²) in [5, 5.41) is 8.65. The number of carbonyl (C=O) groups excluding carboxylic acids is 1. The summed E-state index contributed by atoms with van der Waals surface area (Å²) in [5.74, 6) is 6.53. The van der Waals surface area contributed by atoms with Crippen molar-refractivity contribution in [2.75, 3.05) is 13.2 Å². The molecule has 0 spiro atoms. The fourth-order valence-electron chi connectivity index (χ4n) is 2.17. The molecule has 1 heterocycles. The van der Waals surface area contributed by atoms with Crippen LogP contribution in [0, 0.1) is 11.8 Å². The smallest absolute Gasteiger partial charge is 0.252 e. The van der Waals surface area contributed by atoms with Gasteiger partial charge in [0.05, 0.1) is 12.1 Å². The molecule has 4 heteroatoms. The lowest BCUT2D eigenvalue weighted by Crippen LogP contribution is -2.23. The molecule has 1 amide bonds. The molecule has 1 N–H and O–H groups in total. The zero-order valence-corrected chi connectivity index (χ0v) is 13.2. The van der Waals surface area contributed by atoms with Gasteiger partial charge in [0.1, 0.15) is 12.4 Å². The Balaban J connectivity index is 1.51. The van der Waals surface area contributed by atoms with Crippen molar-refractivity contribution in [1.29, 1.82) is 0 Å². The van der Waals surface area contributed by atoms with Gasteiger partial charge in [-0.15, -0.1) is 0 Å². The van der Waals surface area contributed by atoms with Crippen LogP contribution < -0.4 is 10.1 Å². The molecule has 0 aliphatic carbocycles. The minimum Gasteiger partial charge on any atom is -0.480 e. The van der Waals surface area contributed by atoms with Crippen molar-refractivity contribution in [3.8, 4) is 17.6 Å². The number of ether oxygens (including phenoxy) is 1. The number of amides is 1. The van der Waals surface area contributed by atoms with E-state index in [1.165, 1.54) is 11.3 Å². The molecule has 3 nitrogen and oxygen atoms in total. The summed E-state index contributed by atoms with van der Waals surface area (Å²) in [4.78, 5) is 11.7. The summed E-state index contributed by atoms with van der Waals surface area (Å²) in [6.45, 7) is 0.607. The third-order valence-electron chi connectivity index (χ3n) is 3.30. The third-order valence-corrected chi connectivity index (χ3v) is 3.98. The Morgan fingerprint density at radius 2 is 1.96 bits per heavy atom. The summed E-state index contributed by atoms with van der Waals surface area (Å²) in [6.07, 6.45) is 0. The molecule has 0 fully saturated rings. The maximum absolute atomic E-state index is 11.7. The van der Waals surface area contributed by atoms with E-state index < -0.39 is 0 Å². The Kier molecular flexibility index (Phi) is 4.92. The average Bonchev–Trinajstić information content (AvgIpc) is 3.12. The Morgan fingerprint density at radius 1 is 1.09 bits per heavy atom. The lowest BCUT2D eigenvalue weighted by Gasteiger charge is -2.06. The topological polar surface area (TPSA) is 38.3 Å². The van der Waals surface area contributed by atoms with E-state index in [1.807, 2.05) is 53.2 Å². The zero-order valence-electron chi connectivity index (χ0n) is 12.4. The first-order valence-electron chi connectivity index (χ1n) is 7.21. The molecule has 2 aromatic carbocycles. The Morgan fingerprint density at radius 3 is 2.83 bits per heavy atom. The second-order valence-corrected chi connectivity index (χ2v) is 5.59. The van der Waals surface area contributed by atoms with Crippen LogP contribution in [0.1, 0.15) is 10.4 Å². The van der Waals surface area contributed by atoms with E-state index in [0.717, 1.165) is 16.5 Å². The standard InChI is InChI=1S/C19H15NO2S/c21-19(16-10-13-23-14-16)20-11-3-4-12-22-18-9-5-7-15-6-1-2-8-17(15)18/h1-2,5-10,13-14H,11-12H2,(H,20,21). The SMILES string of the molecule is O=C(NCC#CCOc1cccc2ccccc12)c1ccsc1. The van der Waals surface area contributed by atoms with Crippen LogP contribution >= 0.6 is 11.3 Å². The number of hydrogen-bond donors (Lipinski definition) is 1. The first-order chi connectivity index (χ1) is 11.3. The van der Waals surface area contributed by atoms with Gasteiger partial charge in [0.2, 0.25) is 0 Å². The van der Waals surface area contributed by atoms with Crippen molar-refractivity contribution in [3.63, 3.8) is 0 Å². The molecule has 0 saturated carbocycles. The largest absolute Gasteiger partial charge is 0.480 e. The first-order valence-corrected chi connectivity index (χ1v) is 8.15. The summed E-state index contributed by atoms with van der Waals surface area (Å²) < 4.78 is 5.71. The second-order valence-electron chi connectivity index (χ2n) is 4.81. The number of hydrogen-bond acceptors (Lipinski definition) is 3. The first kappa shape index (κ1) is 15.1. The van der Waals surface area contributed by atoms with Crippen LogP contribution in [0.3, 0.4) is 0 Å². The maximum Gasteiger partial charge on any atom is 0.252 e. The van der Waals surface area contributed by atoms with Gasteiger partial charge in [-0.2, -0.15) is 11.3 Å². The van der Waals surface area contributed by atoms with Crippen LogP contribution in [0.4, 0.5) is 0 Å². The Hall–Kier alpha value is -2.77. The lowest BCUT2D eigenvalue weighted by molar-refractivity contribution is 0.0959. The van der Waals surface area contributed by atoms with Gasteiger partial charge in [-0.25, -0.2) is 0 Å². The highest BCUT2D eigenvalue weighted by atomic mass is 32.1. The highest BCUT2D eigenvalue weighted by molar-refractivity contribution is 7.08. The molecule has 0 aliphatic heterocycles. The summed E-state index contributed by atoms with van der Waals surface area (Å²) >= 11 is 1.50. The van der Waals surface area contributed by atoms with Gasteiger partial charge in [-0.05, 0) is 22.9 Å². The summed E-state index contributed by atoms with van der Waals surface area (Å²) in [7, 11) is 0. The van der Waals surface area contributed by atoms with Gasteiger partial charge in [0, 0.05) is 10.8 Å². The molecule has 23 heavy (non-hydrogen) atoms. The second kappa shape index (κ2) is 7.48. The van der Waals surface area contributed by atoms with Crippen molar-refractivity contribution in [3.05, 3.63) is 64.9 Å². The van der Waals surface area contributed by atoms with Crippen LogP contribution in [0.5, 0.6) is 5.75 Å².